The first-order valence-electron chi connectivity index (χ1n) is 7.32. The summed E-state index contributed by atoms with van der Waals surface area (Å²) in [5, 5.41) is 8.90. The molecule has 23 heavy (non-hydrogen) atoms. The second-order valence-electron chi connectivity index (χ2n) is 5.36. The average molecular weight is 330 g/mol. The van der Waals surface area contributed by atoms with Crippen LogP contribution in [0, 0.1) is 0 Å². The highest BCUT2D eigenvalue weighted by molar-refractivity contribution is 6.30. The zero-order chi connectivity index (χ0) is 16.2. The summed E-state index contributed by atoms with van der Waals surface area (Å²) in [6.45, 7) is 0.507. The zero-order valence-corrected chi connectivity index (χ0v) is 13.1. The summed E-state index contributed by atoms with van der Waals surface area (Å²) in [6, 6.07) is 12.6. The molecule has 0 atom stereocenters. The van der Waals surface area contributed by atoms with Crippen LogP contribution in [0.4, 0.5) is 16.2 Å². The van der Waals surface area contributed by atoms with Gasteiger partial charge < -0.3 is 16.0 Å². The maximum Gasteiger partial charge on any atom is 0.319 e. The molecule has 1 aliphatic heterocycles. The Bertz CT molecular complexity index is 761. The Morgan fingerprint density at radius 1 is 1.22 bits per heavy atom. The van der Waals surface area contributed by atoms with E-state index in [9.17, 15) is 9.59 Å². The fourth-order valence-electron chi connectivity index (χ4n) is 2.50. The third kappa shape index (κ3) is 4.02. The molecule has 0 spiro atoms. The highest BCUT2D eigenvalue weighted by atomic mass is 35.5. The summed E-state index contributed by atoms with van der Waals surface area (Å²) in [4.78, 5) is 23.2. The molecule has 0 aromatic heterocycles. The van der Waals surface area contributed by atoms with Crippen LogP contribution >= 0.6 is 11.6 Å². The second-order valence-corrected chi connectivity index (χ2v) is 5.79. The van der Waals surface area contributed by atoms with Gasteiger partial charge in [-0.2, -0.15) is 0 Å². The highest BCUT2D eigenvalue weighted by Crippen LogP contribution is 2.23. The predicted octanol–water partition coefficient (Wildman–Crippen LogP) is 3.20. The smallest absolute Gasteiger partial charge is 0.319 e. The van der Waals surface area contributed by atoms with Crippen molar-refractivity contribution in [2.75, 3.05) is 17.2 Å². The Labute approximate surface area is 139 Å². The fourth-order valence-corrected chi connectivity index (χ4v) is 2.69. The topological polar surface area (TPSA) is 70.2 Å². The Hall–Kier alpha value is -2.53. The van der Waals surface area contributed by atoms with Gasteiger partial charge in [-0.15, -0.1) is 0 Å². The van der Waals surface area contributed by atoms with Crippen molar-refractivity contribution < 1.29 is 9.59 Å². The van der Waals surface area contributed by atoms with Crippen molar-refractivity contribution in [2.24, 2.45) is 0 Å². The van der Waals surface area contributed by atoms with Gasteiger partial charge in [0.2, 0.25) is 5.91 Å². The normalized spacial score (nSPS) is 12.5. The summed E-state index contributed by atoms with van der Waals surface area (Å²) in [5.74, 6) is 0.0242. The number of carbonyl (C=O) groups is 2. The van der Waals surface area contributed by atoms with Crippen LogP contribution in [0.5, 0.6) is 0 Å². The van der Waals surface area contributed by atoms with E-state index in [4.69, 9.17) is 11.6 Å². The number of nitrogens with one attached hydrogen (secondary N) is 3. The van der Waals surface area contributed by atoms with E-state index in [0.29, 0.717) is 30.1 Å². The van der Waals surface area contributed by atoms with Crippen molar-refractivity contribution in [3.05, 3.63) is 58.6 Å². The molecule has 5 nitrogen and oxygen atoms in total. The monoisotopic (exact) mass is 329 g/mol. The third-order valence-corrected chi connectivity index (χ3v) is 3.81. The van der Waals surface area contributed by atoms with Crippen LogP contribution in [0.25, 0.3) is 0 Å². The molecule has 0 saturated carbocycles. The van der Waals surface area contributed by atoms with E-state index in [1.54, 1.807) is 24.3 Å². The maximum absolute atomic E-state index is 11.8. The minimum atomic E-state index is -0.273. The molecule has 3 rings (SSSR count). The van der Waals surface area contributed by atoms with Gasteiger partial charge >= 0.3 is 6.03 Å². The van der Waals surface area contributed by atoms with Gasteiger partial charge in [-0.3, -0.25) is 4.79 Å². The molecular weight excluding hydrogens is 314 g/mol. The summed E-state index contributed by atoms with van der Waals surface area (Å²) >= 11 is 5.87. The number of benzene rings is 2. The van der Waals surface area contributed by atoms with Gasteiger partial charge in [-0.1, -0.05) is 29.8 Å². The summed E-state index contributed by atoms with van der Waals surface area (Å²) < 4.78 is 0. The SMILES string of the molecule is O=C1Cc2cc(CCNC(=O)Nc3cccc(Cl)c3)ccc2N1. The number of fused-ring (bicyclic) bond motifs is 1. The Balaban J connectivity index is 1.49. The Morgan fingerprint density at radius 2 is 2.09 bits per heavy atom. The van der Waals surface area contributed by atoms with E-state index in [-0.39, 0.29) is 11.9 Å². The lowest BCUT2D eigenvalue weighted by Gasteiger charge is -2.08. The lowest BCUT2D eigenvalue weighted by molar-refractivity contribution is -0.115. The average Bonchev–Trinajstić information content (AvgIpc) is 2.86. The van der Waals surface area contributed by atoms with Crippen molar-refractivity contribution in [3.8, 4) is 0 Å². The number of hydrogen-bond donors (Lipinski definition) is 3. The first-order valence-corrected chi connectivity index (χ1v) is 7.70. The first-order chi connectivity index (χ1) is 11.1. The van der Waals surface area contributed by atoms with Gasteiger partial charge in [-0.25, -0.2) is 4.79 Å². The van der Waals surface area contributed by atoms with Gasteiger partial charge in [0.05, 0.1) is 6.42 Å². The van der Waals surface area contributed by atoms with Gasteiger partial charge in [0, 0.05) is 22.9 Å². The van der Waals surface area contributed by atoms with Crippen molar-refractivity contribution in [1.82, 2.24) is 5.32 Å². The summed E-state index contributed by atoms with van der Waals surface area (Å²) in [6.07, 6.45) is 1.12. The largest absolute Gasteiger partial charge is 0.338 e. The van der Waals surface area contributed by atoms with Crippen LogP contribution in [0.15, 0.2) is 42.5 Å². The van der Waals surface area contributed by atoms with Crippen molar-refractivity contribution in [3.63, 3.8) is 0 Å². The number of halogens is 1. The van der Waals surface area contributed by atoms with Crippen molar-refractivity contribution >= 4 is 34.9 Å². The molecule has 0 saturated heterocycles. The highest BCUT2D eigenvalue weighted by Gasteiger charge is 2.17. The third-order valence-electron chi connectivity index (χ3n) is 3.58. The zero-order valence-electron chi connectivity index (χ0n) is 12.4. The van der Waals surface area contributed by atoms with Crippen LogP contribution < -0.4 is 16.0 Å². The lowest BCUT2D eigenvalue weighted by atomic mass is 10.1. The van der Waals surface area contributed by atoms with Crippen LogP contribution in [0.2, 0.25) is 5.02 Å². The lowest BCUT2D eigenvalue weighted by Crippen LogP contribution is -2.30. The van der Waals surface area contributed by atoms with Crippen LogP contribution in [0.3, 0.4) is 0 Å². The molecule has 1 heterocycles. The molecule has 1 aliphatic rings. The number of rotatable bonds is 4. The summed E-state index contributed by atoms with van der Waals surface area (Å²) in [5.41, 5.74) is 3.63. The van der Waals surface area contributed by atoms with E-state index < -0.39 is 0 Å². The molecule has 118 valence electrons. The molecule has 3 amide bonds. The predicted molar refractivity (Wildman–Crippen MR) is 91.0 cm³/mol. The molecule has 0 bridgehead atoms. The maximum atomic E-state index is 11.8. The summed E-state index contributed by atoms with van der Waals surface area (Å²) in [7, 11) is 0. The van der Waals surface area contributed by atoms with E-state index in [1.165, 1.54) is 0 Å². The van der Waals surface area contributed by atoms with E-state index in [2.05, 4.69) is 16.0 Å². The van der Waals surface area contributed by atoms with Crippen LogP contribution in [-0.4, -0.2) is 18.5 Å². The first kappa shape index (κ1) is 15.4. The minimum absolute atomic E-state index is 0.0242. The van der Waals surface area contributed by atoms with Gasteiger partial charge in [0.25, 0.3) is 0 Å². The van der Waals surface area contributed by atoms with E-state index >= 15 is 0 Å². The van der Waals surface area contributed by atoms with Gasteiger partial charge in [0.1, 0.15) is 0 Å². The number of amides is 3. The number of carbonyl (C=O) groups excluding carboxylic acids is 2. The number of hydrogen-bond acceptors (Lipinski definition) is 2. The Morgan fingerprint density at radius 3 is 2.91 bits per heavy atom. The van der Waals surface area contributed by atoms with Crippen LogP contribution in [-0.2, 0) is 17.6 Å². The van der Waals surface area contributed by atoms with E-state index in [1.807, 2.05) is 18.2 Å². The molecule has 0 fully saturated rings. The van der Waals surface area contributed by atoms with Gasteiger partial charge in [-0.05, 0) is 41.8 Å². The molecule has 6 heteroatoms. The Kier molecular flexibility index (Phi) is 4.48. The quantitative estimate of drug-likeness (QED) is 0.806. The second kappa shape index (κ2) is 6.71. The molecule has 2 aromatic carbocycles. The van der Waals surface area contributed by atoms with E-state index in [0.717, 1.165) is 16.8 Å². The molecule has 0 aliphatic carbocycles. The molecule has 3 N–H and O–H groups in total. The van der Waals surface area contributed by atoms with Crippen molar-refractivity contribution in [1.29, 1.82) is 0 Å². The molecule has 0 unspecified atom stereocenters. The van der Waals surface area contributed by atoms with Crippen molar-refractivity contribution in [2.45, 2.75) is 12.8 Å². The molecule has 0 radical (unpaired) electrons. The fraction of sp³-hybridized carbons (Fsp3) is 0.176. The molecular formula is C17H16ClN3O2. The number of anilines is 2. The number of urea groups is 1. The minimum Gasteiger partial charge on any atom is -0.338 e. The molecule has 2 aromatic rings. The van der Waals surface area contributed by atoms with Crippen LogP contribution in [0.1, 0.15) is 11.1 Å². The van der Waals surface area contributed by atoms with Gasteiger partial charge in [0.15, 0.2) is 0 Å². The standard InChI is InChI=1S/C17H16ClN3O2/c18-13-2-1-3-14(10-13)20-17(23)19-7-6-11-4-5-15-12(8-11)9-16(22)21-15/h1-5,8,10H,6-7,9H2,(H,21,22)(H2,19,20,23).